The fraction of sp³-hybridized carbons (Fsp3) is 0.818. The standard InChI is InChI=1S/C9H17N3.C2H6/c1-3-5-7-12-8-9(6-4-2)10-11-12;1-2/h8H,3-7H2,1-2H3;1-2H3. The van der Waals surface area contributed by atoms with Gasteiger partial charge >= 0.3 is 0 Å². The van der Waals surface area contributed by atoms with Crippen molar-refractivity contribution < 1.29 is 0 Å². The second kappa shape index (κ2) is 8.73. The van der Waals surface area contributed by atoms with E-state index in [1.165, 1.54) is 12.8 Å². The molecule has 1 aromatic rings. The molecule has 0 bridgehead atoms. The molecule has 1 heterocycles. The van der Waals surface area contributed by atoms with Gasteiger partial charge in [0.2, 0.25) is 0 Å². The van der Waals surface area contributed by atoms with Crippen LogP contribution in [0.4, 0.5) is 0 Å². The van der Waals surface area contributed by atoms with Crippen LogP contribution in [0.25, 0.3) is 0 Å². The number of rotatable bonds is 5. The van der Waals surface area contributed by atoms with Gasteiger partial charge in [0.1, 0.15) is 0 Å². The monoisotopic (exact) mass is 197 g/mol. The zero-order valence-corrected chi connectivity index (χ0v) is 9.95. The van der Waals surface area contributed by atoms with Gasteiger partial charge in [-0.1, -0.05) is 45.7 Å². The van der Waals surface area contributed by atoms with Crippen LogP contribution >= 0.6 is 0 Å². The lowest BCUT2D eigenvalue weighted by atomic mass is 10.3. The summed E-state index contributed by atoms with van der Waals surface area (Å²) in [6.45, 7) is 9.35. The predicted octanol–water partition coefficient (Wildman–Crippen LogP) is 3.06. The summed E-state index contributed by atoms with van der Waals surface area (Å²) in [5.41, 5.74) is 1.12. The van der Waals surface area contributed by atoms with Crippen molar-refractivity contribution in [1.82, 2.24) is 15.0 Å². The summed E-state index contributed by atoms with van der Waals surface area (Å²) in [5, 5.41) is 8.11. The minimum absolute atomic E-state index is 1.01. The Bertz CT molecular complexity index is 218. The van der Waals surface area contributed by atoms with Crippen molar-refractivity contribution in [2.45, 2.75) is 59.9 Å². The fourth-order valence-electron chi connectivity index (χ4n) is 1.14. The molecular weight excluding hydrogens is 174 g/mol. The Labute approximate surface area is 87.5 Å². The number of aryl methyl sites for hydroxylation is 2. The smallest absolute Gasteiger partial charge is 0.0827 e. The van der Waals surface area contributed by atoms with E-state index in [2.05, 4.69) is 30.4 Å². The first-order chi connectivity index (χ1) is 6.86. The van der Waals surface area contributed by atoms with Crippen LogP contribution in [-0.4, -0.2) is 15.0 Å². The molecule has 0 saturated heterocycles. The Balaban J connectivity index is 0.000000791. The summed E-state index contributed by atoms with van der Waals surface area (Å²) in [6, 6.07) is 0. The van der Waals surface area contributed by atoms with Crippen LogP contribution in [0.3, 0.4) is 0 Å². The first-order valence-corrected chi connectivity index (χ1v) is 5.75. The van der Waals surface area contributed by atoms with Crippen molar-refractivity contribution in [2.24, 2.45) is 0 Å². The molecule has 0 atom stereocenters. The normalized spacial score (nSPS) is 9.43. The average Bonchev–Trinajstić information content (AvgIpc) is 2.66. The molecule has 0 aliphatic carbocycles. The molecule has 3 heteroatoms. The Morgan fingerprint density at radius 3 is 2.50 bits per heavy atom. The van der Waals surface area contributed by atoms with Crippen LogP contribution in [0.1, 0.15) is 52.7 Å². The minimum atomic E-state index is 1.01. The zero-order valence-electron chi connectivity index (χ0n) is 9.95. The van der Waals surface area contributed by atoms with Crippen molar-refractivity contribution in [3.8, 4) is 0 Å². The van der Waals surface area contributed by atoms with Gasteiger partial charge in [0.05, 0.1) is 5.69 Å². The van der Waals surface area contributed by atoms with Crippen molar-refractivity contribution in [2.75, 3.05) is 0 Å². The molecule has 0 unspecified atom stereocenters. The van der Waals surface area contributed by atoms with E-state index < -0.39 is 0 Å². The second-order valence-electron chi connectivity index (χ2n) is 3.08. The molecule has 1 rings (SSSR count). The van der Waals surface area contributed by atoms with E-state index in [1.54, 1.807) is 0 Å². The van der Waals surface area contributed by atoms with Gasteiger partial charge in [-0.2, -0.15) is 0 Å². The van der Waals surface area contributed by atoms with Gasteiger partial charge in [-0.25, -0.2) is 0 Å². The van der Waals surface area contributed by atoms with Crippen LogP contribution in [0.15, 0.2) is 6.20 Å². The predicted molar refractivity (Wildman–Crippen MR) is 60.3 cm³/mol. The van der Waals surface area contributed by atoms with E-state index in [1.807, 2.05) is 18.5 Å². The third-order valence-electron chi connectivity index (χ3n) is 1.83. The van der Waals surface area contributed by atoms with E-state index >= 15 is 0 Å². The summed E-state index contributed by atoms with van der Waals surface area (Å²) in [7, 11) is 0. The van der Waals surface area contributed by atoms with Crippen LogP contribution in [0.5, 0.6) is 0 Å². The highest BCUT2D eigenvalue weighted by atomic mass is 15.4. The van der Waals surface area contributed by atoms with E-state index in [0.717, 1.165) is 25.1 Å². The van der Waals surface area contributed by atoms with Crippen LogP contribution in [0, 0.1) is 0 Å². The van der Waals surface area contributed by atoms with Gasteiger partial charge in [0.15, 0.2) is 0 Å². The molecule has 3 nitrogen and oxygen atoms in total. The molecule has 0 aliphatic rings. The van der Waals surface area contributed by atoms with Gasteiger partial charge < -0.3 is 0 Å². The Morgan fingerprint density at radius 2 is 1.93 bits per heavy atom. The largest absolute Gasteiger partial charge is 0.252 e. The molecule has 0 aromatic carbocycles. The van der Waals surface area contributed by atoms with E-state index in [4.69, 9.17) is 0 Å². The highest BCUT2D eigenvalue weighted by Gasteiger charge is 1.97. The molecule has 0 saturated carbocycles. The Hall–Kier alpha value is -0.860. The molecule has 0 spiro atoms. The molecule has 1 aromatic heterocycles. The minimum Gasteiger partial charge on any atom is -0.252 e. The van der Waals surface area contributed by atoms with Crippen molar-refractivity contribution >= 4 is 0 Å². The lowest BCUT2D eigenvalue weighted by Crippen LogP contribution is -1.97. The Morgan fingerprint density at radius 1 is 1.21 bits per heavy atom. The van der Waals surface area contributed by atoms with Gasteiger partial charge in [-0.05, 0) is 12.8 Å². The van der Waals surface area contributed by atoms with Crippen molar-refractivity contribution in [3.63, 3.8) is 0 Å². The average molecular weight is 197 g/mol. The number of aromatic nitrogens is 3. The first kappa shape index (κ1) is 13.1. The third kappa shape index (κ3) is 5.00. The lowest BCUT2D eigenvalue weighted by Gasteiger charge is -1.95. The zero-order chi connectivity index (χ0) is 10.8. The molecule has 14 heavy (non-hydrogen) atoms. The lowest BCUT2D eigenvalue weighted by molar-refractivity contribution is 0.553. The summed E-state index contributed by atoms with van der Waals surface area (Å²) >= 11 is 0. The quantitative estimate of drug-likeness (QED) is 0.726. The summed E-state index contributed by atoms with van der Waals surface area (Å²) in [5.74, 6) is 0. The highest BCUT2D eigenvalue weighted by Crippen LogP contribution is 1.98. The number of unbranched alkanes of at least 4 members (excludes halogenated alkanes) is 1. The molecule has 0 amide bonds. The van der Waals surface area contributed by atoms with E-state index in [-0.39, 0.29) is 0 Å². The molecular formula is C11H23N3. The third-order valence-corrected chi connectivity index (χ3v) is 1.83. The van der Waals surface area contributed by atoms with Crippen LogP contribution in [-0.2, 0) is 13.0 Å². The number of hydrogen-bond donors (Lipinski definition) is 0. The van der Waals surface area contributed by atoms with E-state index in [0.29, 0.717) is 0 Å². The molecule has 82 valence electrons. The maximum Gasteiger partial charge on any atom is 0.0827 e. The summed E-state index contributed by atoms with van der Waals surface area (Å²) < 4.78 is 1.94. The second-order valence-corrected chi connectivity index (χ2v) is 3.08. The topological polar surface area (TPSA) is 30.7 Å². The molecule has 0 radical (unpaired) electrons. The van der Waals surface area contributed by atoms with Crippen LogP contribution in [0.2, 0.25) is 0 Å². The summed E-state index contributed by atoms with van der Waals surface area (Å²) in [6.07, 6.45) is 6.65. The van der Waals surface area contributed by atoms with Gasteiger partial charge in [0, 0.05) is 12.7 Å². The number of nitrogens with zero attached hydrogens (tertiary/aromatic N) is 3. The van der Waals surface area contributed by atoms with Crippen molar-refractivity contribution in [1.29, 1.82) is 0 Å². The van der Waals surface area contributed by atoms with Crippen LogP contribution < -0.4 is 0 Å². The maximum atomic E-state index is 4.07. The SMILES string of the molecule is CC.CCCCn1cc(CCC)nn1. The molecule has 0 N–H and O–H groups in total. The van der Waals surface area contributed by atoms with Crippen molar-refractivity contribution in [3.05, 3.63) is 11.9 Å². The van der Waals surface area contributed by atoms with Gasteiger partial charge in [0.25, 0.3) is 0 Å². The van der Waals surface area contributed by atoms with Gasteiger partial charge in [-0.15, -0.1) is 5.10 Å². The number of hydrogen-bond acceptors (Lipinski definition) is 2. The molecule has 0 fully saturated rings. The molecule has 0 aliphatic heterocycles. The summed E-state index contributed by atoms with van der Waals surface area (Å²) in [4.78, 5) is 0. The van der Waals surface area contributed by atoms with Gasteiger partial charge in [-0.3, -0.25) is 4.68 Å². The first-order valence-electron chi connectivity index (χ1n) is 5.75. The highest BCUT2D eigenvalue weighted by molar-refractivity contribution is 4.91. The Kier molecular flexibility index (Phi) is 8.19. The fourth-order valence-corrected chi connectivity index (χ4v) is 1.14. The maximum absolute atomic E-state index is 4.07. The van der Waals surface area contributed by atoms with E-state index in [9.17, 15) is 0 Å².